The topological polar surface area (TPSA) is 44.1 Å². The van der Waals surface area contributed by atoms with Gasteiger partial charge in [-0.2, -0.15) is 9.78 Å². The van der Waals surface area contributed by atoms with Crippen LogP contribution in [0, 0.1) is 12.3 Å². The third-order valence-electron chi connectivity index (χ3n) is 3.03. The first-order valence-corrected chi connectivity index (χ1v) is 8.24. The molecule has 1 aromatic heterocycles. The van der Waals surface area contributed by atoms with E-state index in [1.165, 1.54) is 16.0 Å². The molecule has 7 heteroatoms. The summed E-state index contributed by atoms with van der Waals surface area (Å²) in [6.07, 6.45) is 7.38. The first kappa shape index (κ1) is 14.6. The summed E-state index contributed by atoms with van der Waals surface area (Å²) in [5, 5.41) is 5.67. The Morgan fingerprint density at radius 1 is 1.57 bits per heavy atom. The zero-order valence-electron chi connectivity index (χ0n) is 10.8. The Hall–Kier alpha value is -1.29. The zero-order valence-corrected chi connectivity index (χ0v) is 14.0. The van der Waals surface area contributed by atoms with Gasteiger partial charge in [0.1, 0.15) is 17.4 Å². The summed E-state index contributed by atoms with van der Waals surface area (Å²) in [6, 6.07) is 3.34. The van der Waals surface area contributed by atoms with Gasteiger partial charge in [-0.3, -0.25) is 4.79 Å². The smallest absolute Gasteiger partial charge is 0.329 e. The Morgan fingerprint density at radius 2 is 2.33 bits per heavy atom. The van der Waals surface area contributed by atoms with Gasteiger partial charge in [0.05, 0.1) is 15.2 Å². The van der Waals surface area contributed by atoms with E-state index in [1.54, 1.807) is 12.1 Å². The first-order valence-electron chi connectivity index (χ1n) is 6.26. The highest BCUT2D eigenvalue weighted by Crippen LogP contribution is 2.40. The number of hydrogen-bond acceptors (Lipinski definition) is 4. The molecule has 0 amide bonds. The summed E-state index contributed by atoms with van der Waals surface area (Å²) in [5.41, 5.74) is 0.500. The Balaban J connectivity index is 2.05. The van der Waals surface area contributed by atoms with E-state index >= 15 is 0 Å². The molecule has 0 spiro atoms. The van der Waals surface area contributed by atoms with Crippen LogP contribution in [-0.4, -0.2) is 16.4 Å². The van der Waals surface area contributed by atoms with Crippen LogP contribution in [-0.2, 0) is 0 Å². The monoisotopic (exact) mass is 384 g/mol. The SMILES string of the molecule is C#CCOc1cc(-n2nc(C3CC3)sc2=O)c(Cl)cc1Br. The lowest BCUT2D eigenvalue weighted by atomic mass is 10.3. The van der Waals surface area contributed by atoms with Crippen LogP contribution in [0.2, 0.25) is 5.02 Å². The van der Waals surface area contributed by atoms with Gasteiger partial charge in [-0.1, -0.05) is 28.9 Å². The van der Waals surface area contributed by atoms with Crippen LogP contribution in [0.25, 0.3) is 5.69 Å². The molecule has 0 unspecified atom stereocenters. The molecular formula is C14H10BrClN2O2S. The molecule has 1 heterocycles. The predicted molar refractivity (Wildman–Crippen MR) is 86.7 cm³/mol. The fraction of sp³-hybridized carbons (Fsp3) is 0.286. The van der Waals surface area contributed by atoms with Crippen molar-refractivity contribution in [3.8, 4) is 23.8 Å². The molecular weight excluding hydrogens is 376 g/mol. The van der Waals surface area contributed by atoms with Gasteiger partial charge >= 0.3 is 4.87 Å². The summed E-state index contributed by atoms with van der Waals surface area (Å²) in [4.78, 5) is 12.0. The van der Waals surface area contributed by atoms with Gasteiger partial charge in [-0.25, -0.2) is 0 Å². The van der Waals surface area contributed by atoms with E-state index in [0.29, 0.717) is 26.9 Å². The lowest BCUT2D eigenvalue weighted by Gasteiger charge is -2.09. The third-order valence-corrected chi connectivity index (χ3v) is 4.92. The number of ether oxygens (including phenoxy) is 1. The van der Waals surface area contributed by atoms with Gasteiger partial charge in [0.25, 0.3) is 0 Å². The van der Waals surface area contributed by atoms with Crippen molar-refractivity contribution in [1.82, 2.24) is 9.78 Å². The third kappa shape index (κ3) is 3.00. The maximum absolute atomic E-state index is 12.1. The Morgan fingerprint density at radius 3 is 3.00 bits per heavy atom. The van der Waals surface area contributed by atoms with E-state index in [9.17, 15) is 4.79 Å². The fourth-order valence-electron chi connectivity index (χ4n) is 1.85. The van der Waals surface area contributed by atoms with Crippen LogP contribution >= 0.6 is 38.9 Å². The number of nitrogens with zero attached hydrogens (tertiary/aromatic N) is 2. The minimum absolute atomic E-state index is 0.138. The maximum atomic E-state index is 12.1. The maximum Gasteiger partial charge on any atom is 0.329 e. The van der Waals surface area contributed by atoms with E-state index in [4.69, 9.17) is 22.8 Å². The zero-order chi connectivity index (χ0) is 15.0. The number of hydrogen-bond donors (Lipinski definition) is 0. The van der Waals surface area contributed by atoms with Gasteiger partial charge in [0.15, 0.2) is 0 Å². The molecule has 1 saturated carbocycles. The minimum atomic E-state index is -0.149. The highest BCUT2D eigenvalue weighted by molar-refractivity contribution is 9.10. The molecule has 21 heavy (non-hydrogen) atoms. The minimum Gasteiger partial charge on any atom is -0.480 e. The van der Waals surface area contributed by atoms with Gasteiger partial charge in [0.2, 0.25) is 0 Å². The fourth-order valence-corrected chi connectivity index (χ4v) is 3.61. The van der Waals surface area contributed by atoms with Crippen molar-refractivity contribution >= 4 is 38.9 Å². The average Bonchev–Trinajstić information content (AvgIpc) is 3.22. The Kier molecular flexibility index (Phi) is 4.07. The predicted octanol–water partition coefficient (Wildman–Crippen LogP) is 3.60. The number of rotatable bonds is 4. The Labute approximate surface area is 138 Å². The molecule has 1 aliphatic rings. The van der Waals surface area contributed by atoms with Gasteiger partial charge in [-0.05, 0) is 34.8 Å². The van der Waals surface area contributed by atoms with Crippen molar-refractivity contribution in [2.45, 2.75) is 18.8 Å². The van der Waals surface area contributed by atoms with E-state index in [1.807, 2.05) is 0 Å². The number of benzene rings is 1. The highest BCUT2D eigenvalue weighted by Gasteiger charge is 2.28. The van der Waals surface area contributed by atoms with Gasteiger partial charge in [-0.15, -0.1) is 6.42 Å². The number of aromatic nitrogens is 2. The molecule has 0 bridgehead atoms. The van der Waals surface area contributed by atoms with E-state index < -0.39 is 0 Å². The summed E-state index contributed by atoms with van der Waals surface area (Å²) in [6.45, 7) is 0.138. The Bertz CT molecular complexity index is 789. The molecule has 1 aromatic carbocycles. The van der Waals surface area contributed by atoms with E-state index in [2.05, 4.69) is 26.9 Å². The summed E-state index contributed by atoms with van der Waals surface area (Å²) < 4.78 is 7.44. The molecule has 1 fully saturated rings. The molecule has 0 aliphatic heterocycles. The molecule has 0 N–H and O–H groups in total. The van der Waals surface area contributed by atoms with Gasteiger partial charge < -0.3 is 4.74 Å². The van der Waals surface area contributed by atoms with Crippen LogP contribution in [0.15, 0.2) is 21.4 Å². The molecule has 4 nitrogen and oxygen atoms in total. The van der Waals surface area contributed by atoms with Crippen LogP contribution < -0.4 is 9.61 Å². The second kappa shape index (κ2) is 5.84. The van der Waals surface area contributed by atoms with E-state index in [0.717, 1.165) is 17.8 Å². The number of halogens is 2. The summed E-state index contributed by atoms with van der Waals surface area (Å²) in [5.74, 6) is 3.35. The number of terminal acetylenes is 1. The van der Waals surface area contributed by atoms with Crippen LogP contribution in [0.4, 0.5) is 0 Å². The van der Waals surface area contributed by atoms with Crippen LogP contribution in [0.5, 0.6) is 5.75 Å². The second-order valence-corrected chi connectivity index (χ2v) is 6.85. The van der Waals surface area contributed by atoms with Crippen molar-refractivity contribution in [3.05, 3.63) is 36.3 Å². The van der Waals surface area contributed by atoms with Crippen LogP contribution in [0.3, 0.4) is 0 Å². The van der Waals surface area contributed by atoms with Crippen molar-refractivity contribution < 1.29 is 4.74 Å². The molecule has 108 valence electrons. The lowest BCUT2D eigenvalue weighted by molar-refractivity contribution is 0.368. The molecule has 0 radical (unpaired) electrons. The van der Waals surface area contributed by atoms with Crippen molar-refractivity contribution in [2.24, 2.45) is 0 Å². The van der Waals surface area contributed by atoms with Crippen molar-refractivity contribution in [2.75, 3.05) is 6.61 Å². The summed E-state index contributed by atoms with van der Waals surface area (Å²) in [7, 11) is 0. The molecule has 2 aromatic rings. The normalized spacial score (nSPS) is 14.0. The summed E-state index contributed by atoms with van der Waals surface area (Å²) >= 11 is 10.8. The molecule has 1 aliphatic carbocycles. The molecule has 3 rings (SSSR count). The standard InChI is InChI=1S/C14H10BrClN2O2S/c1-2-5-20-12-7-11(10(16)6-9(12)15)18-14(19)21-13(17-18)8-3-4-8/h1,6-8H,3-5H2. The molecule has 0 saturated heterocycles. The quantitative estimate of drug-likeness (QED) is 0.755. The molecule has 0 atom stereocenters. The largest absolute Gasteiger partial charge is 0.480 e. The van der Waals surface area contributed by atoms with Crippen LogP contribution in [0.1, 0.15) is 23.8 Å². The van der Waals surface area contributed by atoms with Gasteiger partial charge in [0, 0.05) is 12.0 Å². The van der Waals surface area contributed by atoms with Crippen molar-refractivity contribution in [3.63, 3.8) is 0 Å². The van der Waals surface area contributed by atoms with Crippen molar-refractivity contribution in [1.29, 1.82) is 0 Å². The highest BCUT2D eigenvalue weighted by atomic mass is 79.9. The second-order valence-electron chi connectivity index (χ2n) is 4.62. The first-order chi connectivity index (χ1) is 10.1. The van der Waals surface area contributed by atoms with E-state index in [-0.39, 0.29) is 11.5 Å². The average molecular weight is 386 g/mol. The lowest BCUT2D eigenvalue weighted by Crippen LogP contribution is -2.13.